The normalized spacial score (nSPS) is 20.8. The molecule has 146 valence electrons. The van der Waals surface area contributed by atoms with E-state index in [9.17, 15) is 22.4 Å². The summed E-state index contributed by atoms with van der Waals surface area (Å²) >= 11 is 0. The third kappa shape index (κ3) is 5.88. The molecule has 1 aromatic rings. The molecule has 0 aromatic heterocycles. The maximum atomic E-state index is 12.8. The van der Waals surface area contributed by atoms with Crippen molar-refractivity contribution in [2.45, 2.75) is 64.4 Å². The molecule has 26 heavy (non-hydrogen) atoms. The molecule has 3 nitrogen and oxygen atoms in total. The maximum absolute atomic E-state index is 12.8. The van der Waals surface area contributed by atoms with E-state index >= 15 is 0 Å². The van der Waals surface area contributed by atoms with Gasteiger partial charge in [-0.3, -0.25) is 4.79 Å². The van der Waals surface area contributed by atoms with Crippen LogP contribution in [0.25, 0.3) is 0 Å². The number of carbonyl (C=O) groups excluding carboxylic acids is 1. The molecule has 0 unspecified atom stereocenters. The van der Waals surface area contributed by atoms with Gasteiger partial charge in [0.05, 0.1) is 5.92 Å². The van der Waals surface area contributed by atoms with E-state index in [0.29, 0.717) is 5.92 Å². The number of halogens is 4. The van der Waals surface area contributed by atoms with E-state index < -0.39 is 18.3 Å². The smallest absolute Gasteiger partial charge is 0.428 e. The second-order valence-corrected chi connectivity index (χ2v) is 6.72. The molecule has 0 saturated heterocycles. The highest BCUT2D eigenvalue weighted by Crippen LogP contribution is 2.33. The quantitative estimate of drug-likeness (QED) is 0.326. The van der Waals surface area contributed by atoms with Gasteiger partial charge in [-0.15, -0.1) is 0 Å². The third-order valence-electron chi connectivity index (χ3n) is 4.70. The van der Waals surface area contributed by atoms with Crippen molar-refractivity contribution < 1.29 is 31.8 Å². The minimum absolute atomic E-state index is 0.160. The van der Waals surface area contributed by atoms with Gasteiger partial charge in [-0.1, -0.05) is 26.2 Å². The lowest BCUT2D eigenvalue weighted by Gasteiger charge is -2.27. The Balaban J connectivity index is 1.82. The van der Waals surface area contributed by atoms with Crippen molar-refractivity contribution in [3.63, 3.8) is 0 Å². The van der Waals surface area contributed by atoms with Crippen LogP contribution in [0.5, 0.6) is 11.5 Å². The number of unbranched alkanes of at least 4 members (excludes halogenated alkanes) is 1. The lowest BCUT2D eigenvalue weighted by molar-refractivity contribution is -0.253. The molecule has 2 rings (SSSR count). The van der Waals surface area contributed by atoms with Crippen molar-refractivity contribution >= 4 is 5.97 Å². The minimum atomic E-state index is -4.56. The van der Waals surface area contributed by atoms with Crippen molar-refractivity contribution in [3.8, 4) is 11.5 Å². The Morgan fingerprint density at radius 1 is 1.12 bits per heavy atom. The number of carbonyl (C=O) groups is 1. The zero-order valence-electron chi connectivity index (χ0n) is 14.7. The first-order chi connectivity index (χ1) is 12.3. The van der Waals surface area contributed by atoms with Crippen LogP contribution in [0.3, 0.4) is 0 Å². The summed E-state index contributed by atoms with van der Waals surface area (Å²) in [6, 6.07) is 4.64. The number of hydrogen-bond donors (Lipinski definition) is 0. The van der Waals surface area contributed by atoms with Gasteiger partial charge in [0.2, 0.25) is 0 Å². The summed E-state index contributed by atoms with van der Waals surface area (Å²) in [4.78, 5) is 12.2. The fourth-order valence-corrected chi connectivity index (χ4v) is 3.16. The maximum Gasteiger partial charge on any atom is 0.461 e. The molecule has 7 heteroatoms. The number of benzene rings is 1. The van der Waals surface area contributed by atoms with E-state index in [-0.39, 0.29) is 17.6 Å². The van der Waals surface area contributed by atoms with Crippen LogP contribution in [-0.4, -0.2) is 18.5 Å². The second kappa shape index (κ2) is 9.24. The monoisotopic (exact) mass is 376 g/mol. The highest BCUT2D eigenvalue weighted by Gasteiger charge is 2.43. The molecule has 1 fully saturated rings. The first kappa shape index (κ1) is 20.5. The van der Waals surface area contributed by atoms with Crippen LogP contribution >= 0.6 is 0 Å². The van der Waals surface area contributed by atoms with Crippen molar-refractivity contribution in [2.24, 2.45) is 11.8 Å². The Labute approximate surface area is 150 Å². The Kier molecular flexibility index (Phi) is 7.29. The largest absolute Gasteiger partial charge is 0.461 e. The Bertz CT molecular complexity index is 567. The molecule has 1 aliphatic rings. The molecule has 1 aromatic carbocycles. The topological polar surface area (TPSA) is 35.5 Å². The van der Waals surface area contributed by atoms with Gasteiger partial charge in [-0.05, 0) is 55.9 Å². The van der Waals surface area contributed by atoms with Gasteiger partial charge < -0.3 is 9.47 Å². The van der Waals surface area contributed by atoms with Crippen molar-refractivity contribution in [1.82, 2.24) is 0 Å². The first-order valence-corrected chi connectivity index (χ1v) is 8.98. The summed E-state index contributed by atoms with van der Waals surface area (Å²) in [5, 5.41) is 0. The minimum Gasteiger partial charge on any atom is -0.428 e. The van der Waals surface area contributed by atoms with Crippen LogP contribution in [0.15, 0.2) is 24.3 Å². The highest BCUT2D eigenvalue weighted by atomic mass is 19.3. The Hall–Kier alpha value is -1.79. The van der Waals surface area contributed by atoms with E-state index in [1.165, 1.54) is 31.4 Å². The molecule has 1 saturated carbocycles. The zero-order chi connectivity index (χ0) is 19.2. The molecule has 0 N–H and O–H groups in total. The fourth-order valence-electron chi connectivity index (χ4n) is 3.16. The summed E-state index contributed by atoms with van der Waals surface area (Å²) in [7, 11) is 0. The van der Waals surface area contributed by atoms with E-state index in [4.69, 9.17) is 4.74 Å². The molecule has 0 heterocycles. The number of esters is 1. The van der Waals surface area contributed by atoms with Crippen LogP contribution in [0, 0.1) is 11.8 Å². The van der Waals surface area contributed by atoms with E-state index in [0.717, 1.165) is 37.8 Å². The summed E-state index contributed by atoms with van der Waals surface area (Å²) in [5.41, 5.74) is 0. The van der Waals surface area contributed by atoms with Crippen molar-refractivity contribution in [2.75, 3.05) is 0 Å². The number of alkyl halides is 4. The molecule has 0 bridgehead atoms. The van der Waals surface area contributed by atoms with Gasteiger partial charge in [-0.2, -0.15) is 17.6 Å². The summed E-state index contributed by atoms with van der Waals surface area (Å²) in [5.74, 6) is -0.0771. The predicted molar refractivity (Wildman–Crippen MR) is 88.6 cm³/mol. The van der Waals surface area contributed by atoms with E-state index in [2.05, 4.69) is 11.7 Å². The summed E-state index contributed by atoms with van der Waals surface area (Å²) < 4.78 is 59.1. The van der Waals surface area contributed by atoms with Gasteiger partial charge >= 0.3 is 18.5 Å². The predicted octanol–water partition coefficient (Wildman–Crippen LogP) is 5.83. The number of hydrogen-bond acceptors (Lipinski definition) is 3. The molecular formula is C19H24F4O3. The standard InChI is InChI=1S/C19H24F4O3/c1-2-3-4-13-5-7-14(8-6-13)17(24)25-15-9-11-16(12-10-15)26-19(22,23)18(20)21/h9-14,18H,2-8H2,1H3. The van der Waals surface area contributed by atoms with Crippen LogP contribution in [0.2, 0.25) is 0 Å². The van der Waals surface area contributed by atoms with Gasteiger partial charge in [-0.25, -0.2) is 0 Å². The number of rotatable bonds is 8. The molecule has 0 amide bonds. The average molecular weight is 376 g/mol. The third-order valence-corrected chi connectivity index (χ3v) is 4.70. The lowest BCUT2D eigenvalue weighted by atomic mass is 9.80. The van der Waals surface area contributed by atoms with Crippen LogP contribution in [0.4, 0.5) is 17.6 Å². The fraction of sp³-hybridized carbons (Fsp3) is 0.632. The van der Waals surface area contributed by atoms with Gasteiger partial charge in [0, 0.05) is 0 Å². The highest BCUT2D eigenvalue weighted by molar-refractivity contribution is 5.75. The Morgan fingerprint density at radius 2 is 1.69 bits per heavy atom. The number of ether oxygens (including phenoxy) is 2. The van der Waals surface area contributed by atoms with E-state index in [1.54, 1.807) is 0 Å². The van der Waals surface area contributed by atoms with Gasteiger partial charge in [0.25, 0.3) is 0 Å². The van der Waals surface area contributed by atoms with Gasteiger partial charge in [0.15, 0.2) is 0 Å². The SMILES string of the molecule is CCCCC1CCC(C(=O)Oc2ccc(OC(F)(F)C(F)F)cc2)CC1. The lowest BCUT2D eigenvalue weighted by Crippen LogP contribution is -2.33. The molecule has 0 atom stereocenters. The molecule has 0 aliphatic heterocycles. The molecule has 1 aliphatic carbocycles. The summed E-state index contributed by atoms with van der Waals surface area (Å²) in [6.45, 7) is 2.16. The van der Waals surface area contributed by atoms with Crippen LogP contribution in [-0.2, 0) is 4.79 Å². The molecular weight excluding hydrogens is 352 g/mol. The average Bonchev–Trinajstić information content (AvgIpc) is 2.61. The Morgan fingerprint density at radius 3 is 2.23 bits per heavy atom. The van der Waals surface area contributed by atoms with E-state index in [1.807, 2.05) is 0 Å². The van der Waals surface area contributed by atoms with Crippen molar-refractivity contribution in [1.29, 1.82) is 0 Å². The van der Waals surface area contributed by atoms with Gasteiger partial charge in [0.1, 0.15) is 11.5 Å². The van der Waals surface area contributed by atoms with Crippen LogP contribution in [0.1, 0.15) is 51.9 Å². The van der Waals surface area contributed by atoms with Crippen molar-refractivity contribution in [3.05, 3.63) is 24.3 Å². The zero-order valence-corrected chi connectivity index (χ0v) is 14.7. The van der Waals surface area contributed by atoms with Crippen LogP contribution < -0.4 is 9.47 Å². The molecule has 0 spiro atoms. The molecule has 0 radical (unpaired) electrons. The first-order valence-electron chi connectivity index (χ1n) is 8.98. The second-order valence-electron chi connectivity index (χ2n) is 6.72. The summed E-state index contributed by atoms with van der Waals surface area (Å²) in [6.07, 6.45) is -1.32.